The molecule has 0 radical (unpaired) electrons. The lowest BCUT2D eigenvalue weighted by atomic mass is 9.97. The molecule has 2 aliphatic rings. The number of halogens is 1. The van der Waals surface area contributed by atoms with Gasteiger partial charge in [-0.15, -0.1) is 10.2 Å². The van der Waals surface area contributed by atoms with E-state index in [1.807, 2.05) is 12.1 Å². The molecule has 5 nitrogen and oxygen atoms in total. The maximum Gasteiger partial charge on any atom is 0.162 e. The monoisotopic (exact) mass is 315 g/mol. The Balaban J connectivity index is 1.58. The molecule has 1 aliphatic carbocycles. The molecule has 2 fully saturated rings. The van der Waals surface area contributed by atoms with Gasteiger partial charge in [-0.3, -0.25) is 4.90 Å². The summed E-state index contributed by atoms with van der Waals surface area (Å²) < 4.78 is 13.2. The topological polar surface area (TPSA) is 46.8 Å². The van der Waals surface area contributed by atoms with Crippen molar-refractivity contribution in [3.8, 4) is 0 Å². The molecule has 1 saturated carbocycles. The van der Waals surface area contributed by atoms with E-state index >= 15 is 0 Å². The Morgan fingerprint density at radius 1 is 0.957 bits per heavy atom. The van der Waals surface area contributed by atoms with Gasteiger partial charge in [-0.1, -0.05) is 18.6 Å². The molecule has 0 amide bonds. The minimum Gasteiger partial charge on any atom is -0.298 e. The summed E-state index contributed by atoms with van der Waals surface area (Å²) in [7, 11) is 0. The van der Waals surface area contributed by atoms with Crippen molar-refractivity contribution >= 4 is 0 Å². The molecule has 122 valence electrons. The van der Waals surface area contributed by atoms with Crippen molar-refractivity contribution in [2.24, 2.45) is 0 Å². The van der Waals surface area contributed by atoms with Gasteiger partial charge in [0.05, 0.1) is 6.04 Å². The molecular formula is C17H22FN5. The lowest BCUT2D eigenvalue weighted by Gasteiger charge is -2.35. The molecule has 1 aromatic carbocycles. The maximum atomic E-state index is 13.2. The zero-order valence-corrected chi connectivity index (χ0v) is 13.2. The predicted molar refractivity (Wildman–Crippen MR) is 84.4 cm³/mol. The van der Waals surface area contributed by atoms with Gasteiger partial charge < -0.3 is 0 Å². The van der Waals surface area contributed by atoms with Gasteiger partial charge in [-0.05, 0) is 67.6 Å². The molecule has 1 saturated heterocycles. The highest BCUT2D eigenvalue weighted by Gasteiger charge is 2.40. The number of hydrogen-bond acceptors (Lipinski definition) is 4. The van der Waals surface area contributed by atoms with Crippen LogP contribution in [0, 0.1) is 5.82 Å². The number of hydrogen-bond donors (Lipinski definition) is 0. The second-order valence-corrected chi connectivity index (χ2v) is 6.71. The third-order valence-corrected chi connectivity index (χ3v) is 5.36. The molecule has 1 aromatic heterocycles. The first-order chi connectivity index (χ1) is 11.3. The minimum absolute atomic E-state index is 0.172. The highest BCUT2D eigenvalue weighted by Crippen LogP contribution is 2.43. The highest BCUT2D eigenvalue weighted by atomic mass is 19.1. The van der Waals surface area contributed by atoms with Crippen LogP contribution >= 0.6 is 0 Å². The summed E-state index contributed by atoms with van der Waals surface area (Å²) in [5.74, 6) is 0.257. The number of aromatic nitrogens is 4. The number of nitrogens with zero attached hydrogens (tertiary/aromatic N) is 5. The van der Waals surface area contributed by atoms with Gasteiger partial charge in [0.25, 0.3) is 0 Å². The van der Waals surface area contributed by atoms with Crippen LogP contribution in [0.1, 0.15) is 49.6 Å². The Hall–Kier alpha value is -1.82. The van der Waals surface area contributed by atoms with E-state index in [2.05, 4.69) is 20.3 Å². The SMILES string of the molecule is Fc1ccc(C2CC(N3CCCCC3)C(n3ncnn3)C2)cc1. The zero-order valence-electron chi connectivity index (χ0n) is 13.2. The van der Waals surface area contributed by atoms with E-state index in [0.717, 1.165) is 25.9 Å². The fourth-order valence-electron chi connectivity index (χ4n) is 4.22. The van der Waals surface area contributed by atoms with Gasteiger partial charge in [0.2, 0.25) is 0 Å². The first-order valence-electron chi connectivity index (χ1n) is 8.53. The van der Waals surface area contributed by atoms with Crippen LogP contribution in [-0.4, -0.2) is 44.2 Å². The number of rotatable bonds is 3. The van der Waals surface area contributed by atoms with E-state index in [1.54, 1.807) is 16.9 Å². The largest absolute Gasteiger partial charge is 0.298 e. The van der Waals surface area contributed by atoms with Crippen LogP contribution in [0.25, 0.3) is 0 Å². The Bertz CT molecular complexity index is 621. The van der Waals surface area contributed by atoms with E-state index < -0.39 is 0 Å². The van der Waals surface area contributed by atoms with Crippen molar-refractivity contribution in [1.82, 2.24) is 25.1 Å². The Morgan fingerprint density at radius 3 is 2.39 bits per heavy atom. The molecule has 1 aliphatic heterocycles. The van der Waals surface area contributed by atoms with E-state index in [4.69, 9.17) is 0 Å². The van der Waals surface area contributed by atoms with Gasteiger partial charge >= 0.3 is 0 Å². The molecule has 6 heteroatoms. The second kappa shape index (κ2) is 6.35. The van der Waals surface area contributed by atoms with Crippen molar-refractivity contribution in [3.05, 3.63) is 42.0 Å². The van der Waals surface area contributed by atoms with E-state index in [9.17, 15) is 4.39 Å². The molecular weight excluding hydrogens is 293 g/mol. The predicted octanol–water partition coefficient (Wildman–Crippen LogP) is 2.79. The summed E-state index contributed by atoms with van der Waals surface area (Å²) in [5, 5.41) is 12.3. The molecule has 3 unspecified atom stereocenters. The molecule has 0 bridgehead atoms. The maximum absolute atomic E-state index is 13.2. The standard InChI is InChI=1S/C17H22FN5/c18-15-6-4-13(5-7-15)14-10-16(22-8-2-1-3-9-22)17(11-14)23-20-12-19-21-23/h4-7,12,14,16-17H,1-3,8-11H2. The van der Waals surface area contributed by atoms with Crippen molar-refractivity contribution in [3.63, 3.8) is 0 Å². The Kier molecular flexibility index (Phi) is 4.08. The first kappa shape index (κ1) is 14.8. The molecule has 0 N–H and O–H groups in total. The summed E-state index contributed by atoms with van der Waals surface area (Å²) in [4.78, 5) is 4.38. The summed E-state index contributed by atoms with van der Waals surface area (Å²) in [6, 6.07) is 7.66. The van der Waals surface area contributed by atoms with Gasteiger partial charge in [0, 0.05) is 6.04 Å². The van der Waals surface area contributed by atoms with Crippen molar-refractivity contribution in [2.45, 2.75) is 50.1 Å². The van der Waals surface area contributed by atoms with Crippen LogP contribution in [0.15, 0.2) is 30.6 Å². The van der Waals surface area contributed by atoms with Gasteiger partial charge in [0.15, 0.2) is 6.33 Å². The van der Waals surface area contributed by atoms with Gasteiger partial charge in [-0.25, -0.2) is 4.39 Å². The van der Waals surface area contributed by atoms with E-state index in [0.29, 0.717) is 12.0 Å². The van der Waals surface area contributed by atoms with Gasteiger partial charge in [-0.2, -0.15) is 4.80 Å². The van der Waals surface area contributed by atoms with Crippen molar-refractivity contribution < 1.29 is 4.39 Å². The molecule has 2 heterocycles. The van der Waals surface area contributed by atoms with E-state index in [1.165, 1.54) is 31.2 Å². The third kappa shape index (κ3) is 3.00. The molecule has 2 aromatic rings. The summed E-state index contributed by atoms with van der Waals surface area (Å²) >= 11 is 0. The summed E-state index contributed by atoms with van der Waals surface area (Å²) in [6.07, 6.45) is 7.46. The number of benzene rings is 1. The molecule has 23 heavy (non-hydrogen) atoms. The highest BCUT2D eigenvalue weighted by molar-refractivity contribution is 5.23. The van der Waals surface area contributed by atoms with Crippen LogP contribution in [0.2, 0.25) is 0 Å². The zero-order chi connectivity index (χ0) is 15.6. The molecule has 4 rings (SSSR count). The van der Waals surface area contributed by atoms with Crippen LogP contribution in [0.3, 0.4) is 0 Å². The van der Waals surface area contributed by atoms with Crippen molar-refractivity contribution in [2.75, 3.05) is 13.1 Å². The lowest BCUT2D eigenvalue weighted by Crippen LogP contribution is -2.42. The smallest absolute Gasteiger partial charge is 0.162 e. The van der Waals surface area contributed by atoms with Crippen LogP contribution in [0.4, 0.5) is 4.39 Å². The van der Waals surface area contributed by atoms with E-state index in [-0.39, 0.29) is 11.9 Å². The number of likely N-dealkylation sites (tertiary alicyclic amines) is 1. The number of tetrazole rings is 1. The van der Waals surface area contributed by atoms with Crippen LogP contribution in [-0.2, 0) is 0 Å². The number of piperidine rings is 1. The minimum atomic E-state index is -0.172. The lowest BCUT2D eigenvalue weighted by molar-refractivity contribution is 0.124. The Labute approximate surface area is 135 Å². The van der Waals surface area contributed by atoms with Gasteiger partial charge in [0.1, 0.15) is 5.82 Å². The van der Waals surface area contributed by atoms with Crippen LogP contribution in [0.5, 0.6) is 0 Å². The summed E-state index contributed by atoms with van der Waals surface area (Å²) in [6.45, 7) is 2.32. The summed E-state index contributed by atoms with van der Waals surface area (Å²) in [5.41, 5.74) is 1.22. The average molecular weight is 315 g/mol. The average Bonchev–Trinajstić information content (AvgIpc) is 3.26. The van der Waals surface area contributed by atoms with Crippen molar-refractivity contribution in [1.29, 1.82) is 0 Å². The first-order valence-corrected chi connectivity index (χ1v) is 8.53. The fraction of sp³-hybridized carbons (Fsp3) is 0.588. The Morgan fingerprint density at radius 2 is 1.70 bits per heavy atom. The quantitative estimate of drug-likeness (QED) is 0.874. The second-order valence-electron chi connectivity index (χ2n) is 6.71. The van der Waals surface area contributed by atoms with Crippen LogP contribution < -0.4 is 0 Å². The molecule has 3 atom stereocenters. The molecule has 0 spiro atoms. The fourth-order valence-corrected chi connectivity index (χ4v) is 4.22. The normalized spacial score (nSPS) is 29.0. The third-order valence-electron chi connectivity index (χ3n) is 5.36.